The smallest absolute Gasteiger partial charge is 0.166 e. The van der Waals surface area contributed by atoms with Gasteiger partial charge in [-0.3, -0.25) is 0 Å². The van der Waals surface area contributed by atoms with Crippen molar-refractivity contribution in [3.8, 4) is 0 Å². The van der Waals surface area contributed by atoms with Gasteiger partial charge in [-0.15, -0.1) is 0 Å². The van der Waals surface area contributed by atoms with Gasteiger partial charge in [0, 0.05) is 0 Å². The highest BCUT2D eigenvalue weighted by Crippen LogP contribution is 2.30. The lowest BCUT2D eigenvalue weighted by molar-refractivity contribution is -0.0882. The van der Waals surface area contributed by atoms with Crippen molar-refractivity contribution in [3.63, 3.8) is 0 Å². The van der Waals surface area contributed by atoms with Gasteiger partial charge < -0.3 is 0 Å². The molecule has 1 aliphatic rings. The van der Waals surface area contributed by atoms with Crippen LogP contribution in [0.1, 0.15) is 13.8 Å². The maximum absolute atomic E-state index is 12.3. The second kappa shape index (κ2) is 3.40. The van der Waals surface area contributed by atoms with Gasteiger partial charge in [0.05, 0.1) is 5.57 Å². The molecule has 0 aromatic heterocycles. The number of rotatable bonds is 0. The van der Waals surface area contributed by atoms with Crippen LogP contribution in [0.5, 0.6) is 0 Å². The molecule has 0 saturated carbocycles. The summed E-state index contributed by atoms with van der Waals surface area (Å²) in [4.78, 5) is 0. The second-order valence-electron chi connectivity index (χ2n) is 3.18. The van der Waals surface area contributed by atoms with Crippen LogP contribution in [-0.4, -0.2) is 6.18 Å². The predicted octanol–water partition coefficient (Wildman–Crippen LogP) is 3.63. The van der Waals surface area contributed by atoms with E-state index in [9.17, 15) is 13.2 Å². The van der Waals surface area contributed by atoms with Gasteiger partial charge in [0.2, 0.25) is 0 Å². The molecule has 0 amide bonds. The Bertz CT molecular complexity index is 279. The van der Waals surface area contributed by atoms with E-state index in [0.29, 0.717) is 0 Å². The fourth-order valence-electron chi connectivity index (χ4n) is 1.08. The van der Waals surface area contributed by atoms with Crippen LogP contribution in [0, 0.1) is 5.92 Å². The highest BCUT2D eigenvalue weighted by Gasteiger charge is 2.32. The van der Waals surface area contributed by atoms with E-state index < -0.39 is 11.7 Å². The minimum atomic E-state index is -4.24. The third kappa shape index (κ3) is 2.47. The Balaban J connectivity index is 3.02. The molecule has 0 nitrogen and oxygen atoms in total. The number of allylic oxidation sites excluding steroid dienone is 6. The summed E-state index contributed by atoms with van der Waals surface area (Å²) in [5.74, 6) is 0.0797. The van der Waals surface area contributed by atoms with Gasteiger partial charge in [-0.2, -0.15) is 13.2 Å². The van der Waals surface area contributed by atoms with Gasteiger partial charge in [0.25, 0.3) is 0 Å². The van der Waals surface area contributed by atoms with E-state index in [0.717, 1.165) is 11.6 Å². The average molecular weight is 188 g/mol. The lowest BCUT2D eigenvalue weighted by atomic mass is 10.0. The van der Waals surface area contributed by atoms with Crippen molar-refractivity contribution in [2.45, 2.75) is 20.0 Å². The zero-order chi connectivity index (χ0) is 10.1. The molecule has 13 heavy (non-hydrogen) atoms. The van der Waals surface area contributed by atoms with E-state index in [1.807, 2.05) is 6.92 Å². The quantitative estimate of drug-likeness (QED) is 0.544. The molecule has 0 heterocycles. The van der Waals surface area contributed by atoms with Crippen molar-refractivity contribution in [3.05, 3.63) is 35.5 Å². The summed E-state index contributed by atoms with van der Waals surface area (Å²) in [5.41, 5.74) is 0.155. The van der Waals surface area contributed by atoms with Crippen molar-refractivity contribution < 1.29 is 13.2 Å². The van der Waals surface area contributed by atoms with E-state index in [4.69, 9.17) is 0 Å². The summed E-state index contributed by atoms with van der Waals surface area (Å²) < 4.78 is 36.8. The number of alkyl halides is 3. The van der Waals surface area contributed by atoms with E-state index in [1.165, 1.54) is 12.2 Å². The summed E-state index contributed by atoms with van der Waals surface area (Å²) in [6, 6.07) is 0. The molecule has 1 aliphatic carbocycles. The minimum Gasteiger partial charge on any atom is -0.166 e. The monoisotopic (exact) mass is 188 g/mol. The topological polar surface area (TPSA) is 0 Å². The molecule has 0 N–H and O–H groups in total. The molecule has 1 rings (SSSR count). The van der Waals surface area contributed by atoms with Crippen LogP contribution in [-0.2, 0) is 0 Å². The van der Waals surface area contributed by atoms with Crippen LogP contribution in [0.3, 0.4) is 0 Å². The first-order valence-corrected chi connectivity index (χ1v) is 4.05. The molecule has 0 aromatic carbocycles. The summed E-state index contributed by atoms with van der Waals surface area (Å²) >= 11 is 0. The van der Waals surface area contributed by atoms with Crippen molar-refractivity contribution in [1.29, 1.82) is 0 Å². The molecule has 0 saturated heterocycles. The third-order valence-corrected chi connectivity index (χ3v) is 2.10. The Hall–Kier alpha value is -0.990. The normalized spacial score (nSPS) is 23.6. The average Bonchev–Trinajstić information content (AvgIpc) is 2.13. The molecule has 0 aliphatic heterocycles. The zero-order valence-electron chi connectivity index (χ0n) is 7.52. The molecular weight excluding hydrogens is 177 g/mol. The standard InChI is InChI=1S/C10H11F3/c1-7-4-3-5-9(6-8(7)2)10(11,12)13/h3-7H,1-2H3. The SMILES string of the molecule is CC1=CC(C(F)(F)F)=CC=CC1C. The van der Waals surface area contributed by atoms with Gasteiger partial charge in [0.15, 0.2) is 0 Å². The van der Waals surface area contributed by atoms with Gasteiger partial charge in [-0.25, -0.2) is 0 Å². The molecule has 72 valence electrons. The van der Waals surface area contributed by atoms with E-state index in [2.05, 4.69) is 0 Å². The highest BCUT2D eigenvalue weighted by molar-refractivity contribution is 5.35. The Labute approximate surface area is 75.4 Å². The summed E-state index contributed by atoms with van der Waals surface area (Å²) in [6.07, 6.45) is 1.28. The number of hydrogen-bond donors (Lipinski definition) is 0. The first-order valence-electron chi connectivity index (χ1n) is 4.05. The van der Waals surface area contributed by atoms with Crippen molar-refractivity contribution in [2.24, 2.45) is 5.92 Å². The largest absolute Gasteiger partial charge is 0.416 e. The molecule has 0 aromatic rings. The van der Waals surface area contributed by atoms with Crippen LogP contribution >= 0.6 is 0 Å². The van der Waals surface area contributed by atoms with E-state index >= 15 is 0 Å². The van der Waals surface area contributed by atoms with Gasteiger partial charge >= 0.3 is 6.18 Å². The Morgan fingerprint density at radius 1 is 1.31 bits per heavy atom. The Kier molecular flexibility index (Phi) is 2.64. The lowest BCUT2D eigenvalue weighted by Crippen LogP contribution is -2.10. The van der Waals surface area contributed by atoms with Crippen LogP contribution in [0.15, 0.2) is 35.5 Å². The summed E-state index contributed by atoms with van der Waals surface area (Å²) in [5, 5.41) is 0. The van der Waals surface area contributed by atoms with Gasteiger partial charge in [-0.1, -0.05) is 36.8 Å². The minimum absolute atomic E-state index is 0.0797. The molecule has 1 unspecified atom stereocenters. The molecule has 3 heteroatoms. The fourth-order valence-corrected chi connectivity index (χ4v) is 1.08. The fraction of sp³-hybridized carbons (Fsp3) is 0.400. The molecular formula is C10H11F3. The Morgan fingerprint density at radius 2 is 1.92 bits per heavy atom. The number of hydrogen-bond acceptors (Lipinski definition) is 0. The molecule has 0 bridgehead atoms. The second-order valence-corrected chi connectivity index (χ2v) is 3.18. The van der Waals surface area contributed by atoms with Gasteiger partial charge in [-0.05, 0) is 12.8 Å². The maximum atomic E-state index is 12.3. The predicted molar refractivity (Wildman–Crippen MR) is 46.2 cm³/mol. The summed E-state index contributed by atoms with van der Waals surface area (Å²) in [6.45, 7) is 3.58. The molecule has 0 fully saturated rings. The van der Waals surface area contributed by atoms with E-state index in [-0.39, 0.29) is 5.92 Å². The Morgan fingerprint density at radius 3 is 2.46 bits per heavy atom. The van der Waals surface area contributed by atoms with Gasteiger partial charge in [0.1, 0.15) is 0 Å². The zero-order valence-corrected chi connectivity index (χ0v) is 7.52. The van der Waals surface area contributed by atoms with Crippen LogP contribution in [0.25, 0.3) is 0 Å². The van der Waals surface area contributed by atoms with E-state index in [1.54, 1.807) is 13.0 Å². The third-order valence-electron chi connectivity index (χ3n) is 2.10. The maximum Gasteiger partial charge on any atom is 0.416 e. The van der Waals surface area contributed by atoms with Crippen LogP contribution in [0.2, 0.25) is 0 Å². The van der Waals surface area contributed by atoms with Crippen molar-refractivity contribution >= 4 is 0 Å². The first-order chi connectivity index (χ1) is 5.91. The van der Waals surface area contributed by atoms with Crippen LogP contribution < -0.4 is 0 Å². The first kappa shape index (κ1) is 10.1. The molecule has 1 atom stereocenters. The lowest BCUT2D eigenvalue weighted by Gasteiger charge is -2.08. The van der Waals surface area contributed by atoms with Crippen molar-refractivity contribution in [1.82, 2.24) is 0 Å². The number of halogens is 3. The summed E-state index contributed by atoms with van der Waals surface area (Å²) in [7, 11) is 0. The molecule has 0 spiro atoms. The van der Waals surface area contributed by atoms with Crippen molar-refractivity contribution in [2.75, 3.05) is 0 Å². The van der Waals surface area contributed by atoms with Crippen LogP contribution in [0.4, 0.5) is 13.2 Å². The molecule has 0 radical (unpaired) electrons. The highest BCUT2D eigenvalue weighted by atomic mass is 19.4.